The zero-order valence-corrected chi connectivity index (χ0v) is 11.8. The second kappa shape index (κ2) is 6.32. The minimum Gasteiger partial charge on any atom is -0.464 e. The Morgan fingerprint density at radius 2 is 2.05 bits per heavy atom. The fourth-order valence-electron chi connectivity index (χ4n) is 2.16. The highest BCUT2D eigenvalue weighted by Gasteiger charge is 2.17. The third-order valence-electron chi connectivity index (χ3n) is 3.22. The van der Waals surface area contributed by atoms with Crippen LogP contribution in [0.4, 0.5) is 0 Å². The lowest BCUT2D eigenvalue weighted by Gasteiger charge is -2.11. The first kappa shape index (κ1) is 14.2. The molecule has 0 N–H and O–H groups in total. The number of esters is 1. The number of carbonyl (C=O) groups excluding carboxylic acids is 1. The van der Waals surface area contributed by atoms with E-state index in [1.54, 1.807) is 10.6 Å². The highest BCUT2D eigenvalue weighted by atomic mass is 16.5. The summed E-state index contributed by atoms with van der Waals surface area (Å²) in [5.74, 6) is -0.690. The molecule has 0 unspecified atom stereocenters. The Morgan fingerprint density at radius 3 is 2.75 bits per heavy atom. The molecule has 106 valence electrons. The van der Waals surface area contributed by atoms with Crippen LogP contribution in [0.1, 0.15) is 36.7 Å². The highest BCUT2D eigenvalue weighted by molar-refractivity contribution is 5.89. The van der Waals surface area contributed by atoms with Gasteiger partial charge in [0.05, 0.1) is 18.1 Å². The Labute approximate surface area is 117 Å². The van der Waals surface area contributed by atoms with Crippen molar-refractivity contribution in [2.75, 3.05) is 7.11 Å². The van der Waals surface area contributed by atoms with Gasteiger partial charge in [0, 0.05) is 6.54 Å². The van der Waals surface area contributed by atoms with Crippen LogP contribution in [0.5, 0.6) is 0 Å². The summed E-state index contributed by atoms with van der Waals surface area (Å²) in [6, 6.07) is 7.32. The van der Waals surface area contributed by atoms with E-state index in [9.17, 15) is 9.59 Å². The van der Waals surface area contributed by atoms with Crippen LogP contribution in [-0.4, -0.2) is 22.6 Å². The molecule has 0 aliphatic heterocycles. The van der Waals surface area contributed by atoms with Crippen LogP contribution in [0, 0.1) is 0 Å². The van der Waals surface area contributed by atoms with E-state index in [2.05, 4.69) is 16.6 Å². The molecule has 0 saturated heterocycles. The average Bonchev–Trinajstić information content (AvgIpc) is 2.48. The van der Waals surface area contributed by atoms with Crippen molar-refractivity contribution in [2.45, 2.75) is 32.7 Å². The average molecular weight is 274 g/mol. The normalized spacial score (nSPS) is 10.7. The summed E-state index contributed by atoms with van der Waals surface area (Å²) < 4.78 is 6.25. The number of benzene rings is 1. The maximum atomic E-state index is 12.4. The van der Waals surface area contributed by atoms with Gasteiger partial charge in [0.15, 0.2) is 0 Å². The van der Waals surface area contributed by atoms with Gasteiger partial charge in [0.25, 0.3) is 5.56 Å². The molecule has 0 saturated carbocycles. The lowest BCUT2D eigenvalue weighted by atomic mass is 10.2. The van der Waals surface area contributed by atoms with Gasteiger partial charge in [-0.3, -0.25) is 4.79 Å². The fraction of sp³-hybridized carbons (Fsp3) is 0.400. The molecular weight excluding hydrogens is 256 g/mol. The van der Waals surface area contributed by atoms with Gasteiger partial charge in [-0.05, 0) is 18.6 Å². The number of aromatic nitrogens is 2. The second-order valence-electron chi connectivity index (χ2n) is 4.60. The van der Waals surface area contributed by atoms with Gasteiger partial charge >= 0.3 is 5.97 Å². The molecule has 0 spiro atoms. The minimum atomic E-state index is -0.690. The van der Waals surface area contributed by atoms with Gasteiger partial charge < -0.3 is 9.30 Å². The van der Waals surface area contributed by atoms with Crippen LogP contribution in [0.25, 0.3) is 11.0 Å². The molecule has 0 fully saturated rings. The third-order valence-corrected chi connectivity index (χ3v) is 3.22. The number of methoxy groups -OCH3 is 1. The van der Waals surface area contributed by atoms with E-state index in [1.165, 1.54) is 7.11 Å². The van der Waals surface area contributed by atoms with Gasteiger partial charge in [-0.15, -0.1) is 0 Å². The molecule has 2 aromatic rings. The molecule has 0 bridgehead atoms. The smallest absolute Gasteiger partial charge is 0.362 e. The zero-order valence-electron chi connectivity index (χ0n) is 11.8. The molecule has 5 nitrogen and oxygen atoms in total. The molecule has 0 aliphatic rings. The Balaban J connectivity index is 2.58. The maximum Gasteiger partial charge on any atom is 0.362 e. The van der Waals surface area contributed by atoms with Crippen molar-refractivity contribution in [2.24, 2.45) is 0 Å². The number of nitrogens with zero attached hydrogens (tertiary/aromatic N) is 2. The van der Waals surface area contributed by atoms with Gasteiger partial charge in [-0.2, -0.15) is 0 Å². The molecule has 1 aromatic heterocycles. The molecule has 0 atom stereocenters. The van der Waals surface area contributed by atoms with Crippen LogP contribution in [0.15, 0.2) is 29.1 Å². The standard InChI is InChI=1S/C15H18N2O3/c1-3-4-7-10-17-12-9-6-5-8-11(12)16-13(14(17)18)15(19)20-2/h5-6,8-9H,3-4,7,10H2,1-2H3. The molecule has 0 radical (unpaired) electrons. The minimum absolute atomic E-state index is 0.150. The van der Waals surface area contributed by atoms with Crippen LogP contribution in [-0.2, 0) is 11.3 Å². The summed E-state index contributed by atoms with van der Waals surface area (Å²) in [4.78, 5) is 28.2. The number of rotatable bonds is 5. The lowest BCUT2D eigenvalue weighted by Crippen LogP contribution is -2.29. The number of hydrogen-bond donors (Lipinski definition) is 0. The first-order valence-corrected chi connectivity index (χ1v) is 6.77. The van der Waals surface area contributed by atoms with E-state index < -0.39 is 5.97 Å². The summed E-state index contributed by atoms with van der Waals surface area (Å²) >= 11 is 0. The van der Waals surface area contributed by atoms with Crippen molar-refractivity contribution in [3.05, 3.63) is 40.3 Å². The third kappa shape index (κ3) is 2.71. The summed E-state index contributed by atoms with van der Waals surface area (Å²) in [7, 11) is 1.25. The molecule has 1 heterocycles. The van der Waals surface area contributed by atoms with Gasteiger partial charge in [0.1, 0.15) is 0 Å². The number of carbonyl (C=O) groups is 1. The van der Waals surface area contributed by atoms with E-state index in [-0.39, 0.29) is 11.3 Å². The Kier molecular flexibility index (Phi) is 4.50. The summed E-state index contributed by atoms with van der Waals surface area (Å²) in [6.07, 6.45) is 3.00. The maximum absolute atomic E-state index is 12.4. The molecule has 1 aromatic carbocycles. The van der Waals surface area contributed by atoms with Crippen molar-refractivity contribution in [3.63, 3.8) is 0 Å². The fourth-order valence-corrected chi connectivity index (χ4v) is 2.16. The van der Waals surface area contributed by atoms with Crippen molar-refractivity contribution in [1.82, 2.24) is 9.55 Å². The van der Waals surface area contributed by atoms with Crippen molar-refractivity contribution >= 4 is 17.0 Å². The molecular formula is C15H18N2O3. The summed E-state index contributed by atoms with van der Waals surface area (Å²) in [6.45, 7) is 2.69. The van der Waals surface area contributed by atoms with Crippen molar-refractivity contribution in [1.29, 1.82) is 0 Å². The number of ether oxygens (including phenoxy) is 1. The van der Waals surface area contributed by atoms with Crippen molar-refractivity contribution in [3.8, 4) is 0 Å². The van der Waals surface area contributed by atoms with Gasteiger partial charge in [-0.1, -0.05) is 31.9 Å². The monoisotopic (exact) mass is 274 g/mol. The topological polar surface area (TPSA) is 61.2 Å². The lowest BCUT2D eigenvalue weighted by molar-refractivity contribution is 0.0591. The summed E-state index contributed by atoms with van der Waals surface area (Å²) in [5.41, 5.74) is 0.847. The quantitative estimate of drug-likeness (QED) is 0.620. The van der Waals surface area contributed by atoms with Crippen molar-refractivity contribution < 1.29 is 9.53 Å². The predicted molar refractivity (Wildman–Crippen MR) is 76.9 cm³/mol. The Bertz CT molecular complexity index is 676. The van der Waals surface area contributed by atoms with E-state index in [0.717, 1.165) is 24.8 Å². The summed E-state index contributed by atoms with van der Waals surface area (Å²) in [5, 5.41) is 0. The number of fused-ring (bicyclic) bond motifs is 1. The molecule has 0 aliphatic carbocycles. The van der Waals surface area contributed by atoms with Crippen LogP contribution in [0.2, 0.25) is 0 Å². The first-order chi connectivity index (χ1) is 9.69. The van der Waals surface area contributed by atoms with E-state index in [4.69, 9.17) is 0 Å². The largest absolute Gasteiger partial charge is 0.464 e. The Morgan fingerprint density at radius 1 is 1.30 bits per heavy atom. The van der Waals surface area contributed by atoms with E-state index >= 15 is 0 Å². The molecule has 20 heavy (non-hydrogen) atoms. The van der Waals surface area contributed by atoms with Crippen LogP contribution >= 0.6 is 0 Å². The SMILES string of the molecule is CCCCCn1c(=O)c(C(=O)OC)nc2ccccc21. The predicted octanol–water partition coefficient (Wildman–Crippen LogP) is 2.37. The molecule has 0 amide bonds. The molecule has 5 heteroatoms. The van der Waals surface area contributed by atoms with Gasteiger partial charge in [0.2, 0.25) is 5.69 Å². The van der Waals surface area contributed by atoms with Crippen LogP contribution < -0.4 is 5.56 Å². The van der Waals surface area contributed by atoms with E-state index in [1.807, 2.05) is 18.2 Å². The number of para-hydroxylation sites is 2. The number of aryl methyl sites for hydroxylation is 1. The van der Waals surface area contributed by atoms with E-state index in [0.29, 0.717) is 12.1 Å². The molecule has 2 rings (SSSR count). The number of hydrogen-bond acceptors (Lipinski definition) is 4. The zero-order chi connectivity index (χ0) is 14.5. The first-order valence-electron chi connectivity index (χ1n) is 6.77. The second-order valence-corrected chi connectivity index (χ2v) is 4.60. The number of unbranched alkanes of at least 4 members (excludes halogenated alkanes) is 2. The highest BCUT2D eigenvalue weighted by Crippen LogP contribution is 2.11. The Hall–Kier alpha value is -2.17. The van der Waals surface area contributed by atoms with Gasteiger partial charge in [-0.25, -0.2) is 9.78 Å². The van der Waals surface area contributed by atoms with Crippen LogP contribution in [0.3, 0.4) is 0 Å².